The molecule has 1 N–H and O–H groups in total. The second-order valence-electron chi connectivity index (χ2n) is 2.86. The predicted octanol–water partition coefficient (Wildman–Crippen LogP) is 2.85. The Hall–Kier alpha value is -0.190. The monoisotopic (exact) mass is 276 g/mol. The first-order chi connectivity index (χ1) is 6.69. The molecule has 0 saturated heterocycles. The molecule has 0 heterocycles. The summed E-state index contributed by atoms with van der Waals surface area (Å²) in [5.74, 6) is 1.40. The number of benzene rings is 1. The summed E-state index contributed by atoms with van der Waals surface area (Å²) in [5, 5.41) is 9.84. The van der Waals surface area contributed by atoms with Crippen molar-refractivity contribution < 1.29 is 9.84 Å². The van der Waals surface area contributed by atoms with Crippen LogP contribution in [0.25, 0.3) is 0 Å². The van der Waals surface area contributed by atoms with Gasteiger partial charge in [-0.1, -0.05) is 15.9 Å². The molecule has 1 atom stereocenters. The number of aliphatic hydroxyl groups is 1. The Morgan fingerprint density at radius 3 is 2.86 bits per heavy atom. The molecule has 1 aromatic rings. The maximum Gasteiger partial charge on any atom is 0.124 e. The first kappa shape index (κ1) is 11.9. The molecule has 14 heavy (non-hydrogen) atoms. The molecule has 4 heteroatoms. The second-order valence-corrected chi connectivity index (χ2v) is 4.68. The van der Waals surface area contributed by atoms with Crippen LogP contribution in [-0.4, -0.2) is 24.2 Å². The number of hydrogen-bond acceptors (Lipinski definition) is 3. The van der Waals surface area contributed by atoms with Crippen LogP contribution < -0.4 is 4.74 Å². The minimum Gasteiger partial charge on any atom is -0.496 e. The van der Waals surface area contributed by atoms with Crippen LogP contribution in [0, 0.1) is 0 Å². The standard InChI is InChI=1S/C10H13BrO2S/c1-13-10-4-3-7(11)5-8(10)9(12)6-14-2/h3-5,9,12H,6H2,1-2H3. The van der Waals surface area contributed by atoms with Crippen molar-refractivity contribution in [2.45, 2.75) is 6.10 Å². The van der Waals surface area contributed by atoms with Crippen molar-refractivity contribution in [2.75, 3.05) is 19.1 Å². The summed E-state index contributed by atoms with van der Waals surface area (Å²) in [7, 11) is 1.61. The van der Waals surface area contributed by atoms with Gasteiger partial charge in [-0.25, -0.2) is 0 Å². The summed E-state index contributed by atoms with van der Waals surface area (Å²) in [6.07, 6.45) is 1.49. The molecule has 0 saturated carbocycles. The molecule has 0 aromatic heterocycles. The highest BCUT2D eigenvalue weighted by Crippen LogP contribution is 2.29. The SMILES string of the molecule is COc1ccc(Br)cc1C(O)CSC. The number of halogens is 1. The third-order valence-electron chi connectivity index (χ3n) is 1.88. The molecule has 0 aliphatic carbocycles. The molecule has 1 aromatic carbocycles. The molecule has 1 unspecified atom stereocenters. The highest BCUT2D eigenvalue weighted by Gasteiger charge is 2.12. The van der Waals surface area contributed by atoms with Gasteiger partial charge in [0.15, 0.2) is 0 Å². The van der Waals surface area contributed by atoms with Crippen LogP contribution in [0.5, 0.6) is 5.75 Å². The van der Waals surface area contributed by atoms with E-state index in [9.17, 15) is 5.11 Å². The van der Waals surface area contributed by atoms with E-state index in [0.29, 0.717) is 5.75 Å². The molecule has 1 rings (SSSR count). The van der Waals surface area contributed by atoms with E-state index in [1.165, 1.54) is 0 Å². The number of rotatable bonds is 4. The van der Waals surface area contributed by atoms with Gasteiger partial charge in [0.2, 0.25) is 0 Å². The maximum atomic E-state index is 9.84. The van der Waals surface area contributed by atoms with Gasteiger partial charge in [0, 0.05) is 15.8 Å². The first-order valence-electron chi connectivity index (χ1n) is 4.19. The molecule has 0 aliphatic heterocycles. The van der Waals surface area contributed by atoms with Crippen molar-refractivity contribution in [3.05, 3.63) is 28.2 Å². The van der Waals surface area contributed by atoms with Crippen LogP contribution in [-0.2, 0) is 0 Å². The van der Waals surface area contributed by atoms with Crippen molar-refractivity contribution in [3.8, 4) is 5.75 Å². The predicted molar refractivity (Wildman–Crippen MR) is 64.0 cm³/mol. The fourth-order valence-corrected chi connectivity index (χ4v) is 2.09. The van der Waals surface area contributed by atoms with Crippen LogP contribution in [0.2, 0.25) is 0 Å². The number of ether oxygens (including phenoxy) is 1. The lowest BCUT2D eigenvalue weighted by molar-refractivity contribution is 0.199. The highest BCUT2D eigenvalue weighted by atomic mass is 79.9. The van der Waals surface area contributed by atoms with Crippen molar-refractivity contribution in [2.24, 2.45) is 0 Å². The normalized spacial score (nSPS) is 12.6. The van der Waals surface area contributed by atoms with Gasteiger partial charge in [-0.15, -0.1) is 0 Å². The minimum atomic E-state index is -0.475. The van der Waals surface area contributed by atoms with E-state index in [0.717, 1.165) is 15.8 Å². The zero-order valence-corrected chi connectivity index (χ0v) is 10.6. The third-order valence-corrected chi connectivity index (χ3v) is 3.02. The quantitative estimate of drug-likeness (QED) is 0.917. The topological polar surface area (TPSA) is 29.5 Å². The van der Waals surface area contributed by atoms with Crippen molar-refractivity contribution >= 4 is 27.7 Å². The van der Waals surface area contributed by atoms with Gasteiger partial charge in [0.05, 0.1) is 13.2 Å². The molecular weight excluding hydrogens is 264 g/mol. The molecule has 0 fully saturated rings. The van der Waals surface area contributed by atoms with Crippen LogP contribution >= 0.6 is 27.7 Å². The Morgan fingerprint density at radius 1 is 1.57 bits per heavy atom. The lowest BCUT2D eigenvalue weighted by Crippen LogP contribution is -2.02. The minimum absolute atomic E-state index is 0.475. The molecule has 0 amide bonds. The van der Waals surface area contributed by atoms with Gasteiger partial charge in [0.25, 0.3) is 0 Å². The third kappa shape index (κ3) is 2.90. The van der Waals surface area contributed by atoms with Gasteiger partial charge < -0.3 is 9.84 Å². The Bertz CT molecular complexity index is 304. The molecule has 2 nitrogen and oxygen atoms in total. The smallest absolute Gasteiger partial charge is 0.124 e. The number of aliphatic hydroxyl groups excluding tert-OH is 1. The van der Waals surface area contributed by atoms with Crippen molar-refractivity contribution in [1.82, 2.24) is 0 Å². The number of hydrogen-bond donors (Lipinski definition) is 1. The summed E-state index contributed by atoms with van der Waals surface area (Å²) < 4.78 is 6.13. The van der Waals surface area contributed by atoms with Gasteiger partial charge in [0.1, 0.15) is 5.75 Å². The molecule has 0 spiro atoms. The van der Waals surface area contributed by atoms with Gasteiger partial charge in [-0.05, 0) is 24.5 Å². The van der Waals surface area contributed by atoms with Crippen LogP contribution in [0.15, 0.2) is 22.7 Å². The second kappa shape index (κ2) is 5.63. The first-order valence-corrected chi connectivity index (χ1v) is 6.38. The van der Waals surface area contributed by atoms with E-state index in [1.807, 2.05) is 24.5 Å². The van der Waals surface area contributed by atoms with E-state index in [4.69, 9.17) is 4.74 Å². The Balaban J connectivity index is 2.97. The van der Waals surface area contributed by atoms with Crippen molar-refractivity contribution in [1.29, 1.82) is 0 Å². The average Bonchev–Trinajstić information content (AvgIpc) is 2.18. The average molecular weight is 277 g/mol. The summed E-state index contributed by atoms with van der Waals surface area (Å²) in [6, 6.07) is 5.64. The summed E-state index contributed by atoms with van der Waals surface area (Å²) in [6.45, 7) is 0. The molecule has 78 valence electrons. The zero-order valence-electron chi connectivity index (χ0n) is 8.16. The summed E-state index contributed by atoms with van der Waals surface area (Å²) in [5.41, 5.74) is 0.830. The number of methoxy groups -OCH3 is 1. The highest BCUT2D eigenvalue weighted by molar-refractivity contribution is 9.10. The van der Waals surface area contributed by atoms with E-state index >= 15 is 0 Å². The Kier molecular flexibility index (Phi) is 4.78. The van der Waals surface area contributed by atoms with E-state index in [1.54, 1.807) is 18.9 Å². The van der Waals surface area contributed by atoms with Gasteiger partial charge in [-0.2, -0.15) is 11.8 Å². The maximum absolute atomic E-state index is 9.84. The van der Waals surface area contributed by atoms with Crippen LogP contribution in [0.3, 0.4) is 0 Å². The largest absolute Gasteiger partial charge is 0.496 e. The number of thioether (sulfide) groups is 1. The van der Waals surface area contributed by atoms with Crippen LogP contribution in [0.4, 0.5) is 0 Å². The molecule has 0 aliphatic rings. The van der Waals surface area contributed by atoms with E-state index in [-0.39, 0.29) is 0 Å². The Morgan fingerprint density at radius 2 is 2.29 bits per heavy atom. The van der Waals surface area contributed by atoms with Gasteiger partial charge >= 0.3 is 0 Å². The molecular formula is C10H13BrO2S. The zero-order chi connectivity index (χ0) is 10.6. The summed E-state index contributed by atoms with van der Waals surface area (Å²) in [4.78, 5) is 0. The fourth-order valence-electron chi connectivity index (χ4n) is 1.21. The van der Waals surface area contributed by atoms with Gasteiger partial charge in [-0.3, -0.25) is 0 Å². The lowest BCUT2D eigenvalue weighted by atomic mass is 10.1. The lowest BCUT2D eigenvalue weighted by Gasteiger charge is -2.13. The molecule has 0 bridgehead atoms. The van der Waals surface area contributed by atoms with Crippen molar-refractivity contribution in [3.63, 3.8) is 0 Å². The Labute approximate surface area is 96.8 Å². The van der Waals surface area contributed by atoms with E-state index < -0.39 is 6.10 Å². The van der Waals surface area contributed by atoms with Crippen LogP contribution in [0.1, 0.15) is 11.7 Å². The fraction of sp³-hybridized carbons (Fsp3) is 0.400. The van der Waals surface area contributed by atoms with E-state index in [2.05, 4.69) is 15.9 Å². The molecule has 0 radical (unpaired) electrons. The summed E-state index contributed by atoms with van der Waals surface area (Å²) >= 11 is 4.98.